The largest absolute Gasteiger partial charge is 0.488 e. The van der Waals surface area contributed by atoms with Gasteiger partial charge >= 0.3 is 0 Å². The maximum atomic E-state index is 5.51. The number of nitrogens with zero attached hydrogens (tertiary/aromatic N) is 1. The summed E-state index contributed by atoms with van der Waals surface area (Å²) in [5.41, 5.74) is 3.19. The quantitative estimate of drug-likeness (QED) is 0.554. The Morgan fingerprint density at radius 3 is 2.60 bits per heavy atom. The number of hydrogen-bond acceptors (Lipinski definition) is 2. The normalized spacial score (nSPS) is 10.7. The molecule has 0 amide bonds. The zero-order chi connectivity index (χ0) is 14.4. The standard InChI is InChI=1S/C17H16BrNO/c1-3-10-20-17-9-6-14(11-16(17)18)12-19-15-7-4-13(2)5-8-15/h3-9,11-12H,1,10H2,2H3. The molecular weight excluding hydrogens is 314 g/mol. The van der Waals surface area contributed by atoms with Crippen molar-refractivity contribution in [3.8, 4) is 5.75 Å². The van der Waals surface area contributed by atoms with Crippen molar-refractivity contribution in [2.45, 2.75) is 6.92 Å². The number of aliphatic imine (C=N–C) groups is 1. The van der Waals surface area contributed by atoms with Gasteiger partial charge in [0.05, 0.1) is 10.2 Å². The van der Waals surface area contributed by atoms with E-state index in [4.69, 9.17) is 4.74 Å². The fourth-order valence-electron chi connectivity index (χ4n) is 1.64. The number of hydrogen-bond donors (Lipinski definition) is 0. The minimum Gasteiger partial charge on any atom is -0.488 e. The predicted molar refractivity (Wildman–Crippen MR) is 88.3 cm³/mol. The molecule has 2 nitrogen and oxygen atoms in total. The van der Waals surface area contributed by atoms with E-state index in [-0.39, 0.29) is 0 Å². The van der Waals surface area contributed by atoms with E-state index in [2.05, 4.69) is 46.6 Å². The van der Waals surface area contributed by atoms with Gasteiger partial charge in [0, 0.05) is 6.21 Å². The summed E-state index contributed by atoms with van der Waals surface area (Å²) < 4.78 is 6.42. The topological polar surface area (TPSA) is 21.6 Å². The highest BCUT2D eigenvalue weighted by molar-refractivity contribution is 9.10. The van der Waals surface area contributed by atoms with Gasteiger partial charge in [0.15, 0.2) is 0 Å². The molecule has 102 valence electrons. The molecule has 0 bridgehead atoms. The van der Waals surface area contributed by atoms with Crippen molar-refractivity contribution in [3.05, 3.63) is 70.7 Å². The van der Waals surface area contributed by atoms with Crippen LogP contribution in [0.15, 0.2) is 64.6 Å². The van der Waals surface area contributed by atoms with E-state index in [1.165, 1.54) is 5.56 Å². The summed E-state index contributed by atoms with van der Waals surface area (Å²) in [6.07, 6.45) is 3.56. The maximum Gasteiger partial charge on any atom is 0.133 e. The number of ether oxygens (including phenoxy) is 1. The second-order valence-corrected chi connectivity index (χ2v) is 5.24. The molecule has 0 saturated carbocycles. The van der Waals surface area contributed by atoms with E-state index in [1.54, 1.807) is 6.08 Å². The van der Waals surface area contributed by atoms with E-state index in [0.717, 1.165) is 21.5 Å². The van der Waals surface area contributed by atoms with E-state index in [1.807, 2.05) is 36.5 Å². The summed E-state index contributed by atoms with van der Waals surface area (Å²) in [5, 5.41) is 0. The van der Waals surface area contributed by atoms with Crippen LogP contribution in [0.4, 0.5) is 5.69 Å². The molecule has 0 saturated heterocycles. The van der Waals surface area contributed by atoms with Crippen molar-refractivity contribution < 1.29 is 4.74 Å². The van der Waals surface area contributed by atoms with Crippen LogP contribution in [0.1, 0.15) is 11.1 Å². The molecule has 0 aliphatic rings. The van der Waals surface area contributed by atoms with Crippen LogP contribution in [-0.4, -0.2) is 12.8 Å². The minimum atomic E-state index is 0.495. The van der Waals surface area contributed by atoms with Crippen LogP contribution in [-0.2, 0) is 0 Å². The molecule has 0 N–H and O–H groups in total. The lowest BCUT2D eigenvalue weighted by Crippen LogP contribution is -1.94. The van der Waals surface area contributed by atoms with Gasteiger partial charge in [-0.25, -0.2) is 0 Å². The van der Waals surface area contributed by atoms with E-state index in [0.29, 0.717) is 6.61 Å². The lowest BCUT2D eigenvalue weighted by Gasteiger charge is -2.06. The molecule has 0 radical (unpaired) electrons. The van der Waals surface area contributed by atoms with Crippen LogP contribution in [0.3, 0.4) is 0 Å². The molecule has 0 aromatic heterocycles. The van der Waals surface area contributed by atoms with Crippen LogP contribution in [0.25, 0.3) is 0 Å². The molecule has 2 aromatic carbocycles. The van der Waals surface area contributed by atoms with Crippen molar-refractivity contribution >= 4 is 27.8 Å². The van der Waals surface area contributed by atoms with Crippen molar-refractivity contribution in [1.29, 1.82) is 0 Å². The first kappa shape index (κ1) is 14.5. The molecule has 0 aliphatic carbocycles. The Kier molecular flexibility index (Phi) is 5.13. The smallest absolute Gasteiger partial charge is 0.133 e. The van der Waals surface area contributed by atoms with Gasteiger partial charge in [0.1, 0.15) is 12.4 Å². The van der Waals surface area contributed by atoms with E-state index < -0.39 is 0 Å². The molecule has 0 aliphatic heterocycles. The van der Waals surface area contributed by atoms with E-state index in [9.17, 15) is 0 Å². The third-order valence-corrected chi connectivity index (χ3v) is 3.33. The monoisotopic (exact) mass is 329 g/mol. The van der Waals surface area contributed by atoms with Crippen LogP contribution >= 0.6 is 15.9 Å². The Morgan fingerprint density at radius 2 is 1.95 bits per heavy atom. The summed E-state index contributed by atoms with van der Waals surface area (Å²) in [6.45, 7) is 6.19. The molecule has 2 rings (SSSR count). The van der Waals surface area contributed by atoms with Gasteiger partial charge in [-0.3, -0.25) is 4.99 Å². The van der Waals surface area contributed by atoms with Crippen LogP contribution in [0.2, 0.25) is 0 Å². The lowest BCUT2D eigenvalue weighted by molar-refractivity contribution is 0.361. The molecule has 20 heavy (non-hydrogen) atoms. The SMILES string of the molecule is C=CCOc1ccc(C=Nc2ccc(C)cc2)cc1Br. The average Bonchev–Trinajstić information content (AvgIpc) is 2.46. The van der Waals surface area contributed by atoms with Crippen molar-refractivity contribution in [2.75, 3.05) is 6.61 Å². The third-order valence-electron chi connectivity index (χ3n) is 2.71. The summed E-state index contributed by atoms with van der Waals surface area (Å²) in [5.74, 6) is 0.803. The molecule has 0 heterocycles. The molecule has 0 atom stereocenters. The van der Waals surface area contributed by atoms with Crippen molar-refractivity contribution in [1.82, 2.24) is 0 Å². The molecule has 0 spiro atoms. The Balaban J connectivity index is 2.11. The fraction of sp³-hybridized carbons (Fsp3) is 0.118. The lowest BCUT2D eigenvalue weighted by atomic mass is 10.2. The van der Waals surface area contributed by atoms with E-state index >= 15 is 0 Å². The maximum absolute atomic E-state index is 5.51. The fourth-order valence-corrected chi connectivity index (χ4v) is 2.15. The number of benzene rings is 2. The van der Waals surface area contributed by atoms with Gasteiger partial charge in [-0.2, -0.15) is 0 Å². The number of rotatable bonds is 5. The number of halogens is 1. The zero-order valence-electron chi connectivity index (χ0n) is 11.3. The summed E-state index contributed by atoms with van der Waals surface area (Å²) in [7, 11) is 0. The second kappa shape index (κ2) is 7.06. The highest BCUT2D eigenvalue weighted by Crippen LogP contribution is 2.25. The van der Waals surface area contributed by atoms with Crippen LogP contribution < -0.4 is 4.74 Å². The Morgan fingerprint density at radius 1 is 1.20 bits per heavy atom. The molecule has 0 fully saturated rings. The summed E-state index contributed by atoms with van der Waals surface area (Å²) in [4.78, 5) is 4.45. The van der Waals surface area contributed by atoms with Gasteiger partial charge in [-0.1, -0.05) is 30.4 Å². The molecular formula is C17H16BrNO. The second-order valence-electron chi connectivity index (χ2n) is 4.38. The minimum absolute atomic E-state index is 0.495. The summed E-state index contributed by atoms with van der Waals surface area (Å²) >= 11 is 3.49. The Labute approximate surface area is 128 Å². The van der Waals surface area contributed by atoms with Crippen LogP contribution in [0, 0.1) is 6.92 Å². The van der Waals surface area contributed by atoms with Gasteiger partial charge in [0.2, 0.25) is 0 Å². The average molecular weight is 330 g/mol. The first-order valence-electron chi connectivity index (χ1n) is 6.33. The van der Waals surface area contributed by atoms with Gasteiger partial charge < -0.3 is 4.74 Å². The number of aryl methyl sites for hydroxylation is 1. The molecule has 0 unspecified atom stereocenters. The zero-order valence-corrected chi connectivity index (χ0v) is 12.9. The first-order chi connectivity index (χ1) is 9.69. The first-order valence-corrected chi connectivity index (χ1v) is 7.12. The predicted octanol–water partition coefficient (Wildman–Crippen LogP) is 5.07. The Bertz CT molecular complexity index is 617. The molecule has 2 aromatic rings. The van der Waals surface area contributed by atoms with Gasteiger partial charge in [-0.05, 0) is 58.7 Å². The Hall–Kier alpha value is -1.87. The van der Waals surface area contributed by atoms with Crippen molar-refractivity contribution in [2.24, 2.45) is 4.99 Å². The highest BCUT2D eigenvalue weighted by atomic mass is 79.9. The van der Waals surface area contributed by atoms with Gasteiger partial charge in [-0.15, -0.1) is 0 Å². The third kappa shape index (κ3) is 4.07. The molecule has 3 heteroatoms. The van der Waals surface area contributed by atoms with Gasteiger partial charge in [0.25, 0.3) is 0 Å². The van der Waals surface area contributed by atoms with Crippen LogP contribution in [0.5, 0.6) is 5.75 Å². The van der Waals surface area contributed by atoms with Crippen molar-refractivity contribution in [3.63, 3.8) is 0 Å². The summed E-state index contributed by atoms with van der Waals surface area (Å²) in [6, 6.07) is 14.0. The highest BCUT2D eigenvalue weighted by Gasteiger charge is 2.00.